The lowest BCUT2D eigenvalue weighted by atomic mass is 9.96. The van der Waals surface area contributed by atoms with Gasteiger partial charge in [-0.2, -0.15) is 0 Å². The third-order valence-electron chi connectivity index (χ3n) is 6.49. The van der Waals surface area contributed by atoms with Crippen molar-refractivity contribution >= 4 is 23.0 Å². The average molecular weight is 521 g/mol. The Labute approximate surface area is 227 Å². The smallest absolute Gasteiger partial charge is 0.339 e. The summed E-state index contributed by atoms with van der Waals surface area (Å²) in [6.45, 7) is 4.74. The van der Waals surface area contributed by atoms with E-state index in [0.29, 0.717) is 13.0 Å². The molecule has 0 spiro atoms. The predicted octanol–water partition coefficient (Wildman–Crippen LogP) is 8.43. The summed E-state index contributed by atoms with van der Waals surface area (Å²) in [4.78, 5) is 32.4. The molecule has 0 saturated carbocycles. The summed E-state index contributed by atoms with van der Waals surface area (Å²) in [6.07, 6.45) is 17.8. The Morgan fingerprint density at radius 2 is 1.26 bits per heavy atom. The molecule has 0 atom stereocenters. The van der Waals surface area contributed by atoms with E-state index in [1.54, 1.807) is 18.5 Å². The summed E-state index contributed by atoms with van der Waals surface area (Å²) in [5, 5.41) is 9.49. The zero-order valence-electron chi connectivity index (χ0n) is 23.2. The lowest BCUT2D eigenvalue weighted by molar-refractivity contribution is 0.0486. The maximum absolute atomic E-state index is 12.6. The van der Waals surface area contributed by atoms with Gasteiger partial charge in [0, 0.05) is 12.4 Å². The molecule has 0 amide bonds. The second-order valence-electron chi connectivity index (χ2n) is 9.61. The number of aromatic carboxylic acids is 1. The summed E-state index contributed by atoms with van der Waals surface area (Å²) in [5.41, 5.74) is 2.99. The molecule has 0 aliphatic rings. The summed E-state index contributed by atoms with van der Waals surface area (Å²) in [7, 11) is 0. The number of hydrogen-bond donors (Lipinski definition) is 1. The standard InChI is InChI=1S/C24H38O4.C8H6N2/c1-3-5-7-9-11-13-16-20-17-15-18-21(23(25)26)22(20)24(27)28-19-14-12-10-8-6-4-2;1-2-4-8-7(3-1)9-5-6-10-8/h15,17-18H,3-14,16,19H2,1-2H3,(H,25,26);1-6H. The first-order chi connectivity index (χ1) is 18.6. The van der Waals surface area contributed by atoms with Crippen LogP contribution in [0.2, 0.25) is 0 Å². The number of rotatable bonds is 16. The molecule has 0 unspecified atom stereocenters. The van der Waals surface area contributed by atoms with E-state index in [9.17, 15) is 14.7 Å². The predicted molar refractivity (Wildman–Crippen MR) is 154 cm³/mol. The van der Waals surface area contributed by atoms with Crippen molar-refractivity contribution in [3.8, 4) is 0 Å². The minimum absolute atomic E-state index is 0.0522. The first-order valence-electron chi connectivity index (χ1n) is 14.3. The number of hydrogen-bond acceptors (Lipinski definition) is 5. The lowest BCUT2D eigenvalue weighted by Crippen LogP contribution is -2.15. The van der Waals surface area contributed by atoms with Gasteiger partial charge in [-0.25, -0.2) is 9.59 Å². The van der Waals surface area contributed by atoms with Gasteiger partial charge in [0.25, 0.3) is 0 Å². The van der Waals surface area contributed by atoms with Crippen molar-refractivity contribution in [2.24, 2.45) is 0 Å². The molecule has 0 saturated heterocycles. The van der Waals surface area contributed by atoms with Crippen molar-refractivity contribution in [2.45, 2.75) is 97.3 Å². The summed E-state index contributed by atoms with van der Waals surface area (Å²) in [6, 6.07) is 12.9. The zero-order chi connectivity index (χ0) is 27.4. The first-order valence-corrected chi connectivity index (χ1v) is 14.3. The molecule has 6 heteroatoms. The summed E-state index contributed by atoms with van der Waals surface area (Å²) < 4.78 is 5.42. The Bertz CT molecular complexity index is 1030. The first kappa shape index (κ1) is 30.9. The highest BCUT2D eigenvalue weighted by atomic mass is 16.5. The SMILES string of the molecule is CCCCCCCCOC(=O)c1c(CCCCCCCC)cccc1C(=O)O.c1ccc2nccnc2c1. The molecule has 1 N–H and O–H groups in total. The molecule has 0 radical (unpaired) electrons. The molecule has 6 nitrogen and oxygen atoms in total. The Morgan fingerprint density at radius 3 is 1.84 bits per heavy atom. The lowest BCUT2D eigenvalue weighted by Gasteiger charge is -2.12. The minimum Gasteiger partial charge on any atom is -0.478 e. The summed E-state index contributed by atoms with van der Waals surface area (Å²) in [5.74, 6) is -1.57. The zero-order valence-corrected chi connectivity index (χ0v) is 23.2. The van der Waals surface area contributed by atoms with Gasteiger partial charge >= 0.3 is 11.9 Å². The Hall–Kier alpha value is -3.28. The average Bonchev–Trinajstić information content (AvgIpc) is 2.94. The van der Waals surface area contributed by atoms with Gasteiger partial charge in [-0.15, -0.1) is 0 Å². The van der Waals surface area contributed by atoms with Crippen molar-refractivity contribution in [1.82, 2.24) is 9.97 Å². The number of carbonyl (C=O) groups excluding carboxylic acids is 1. The van der Waals surface area contributed by atoms with Crippen molar-refractivity contribution in [1.29, 1.82) is 0 Å². The number of aryl methyl sites for hydroxylation is 1. The van der Waals surface area contributed by atoms with Gasteiger partial charge in [-0.1, -0.05) is 102 Å². The second-order valence-corrected chi connectivity index (χ2v) is 9.61. The third kappa shape index (κ3) is 11.4. The Balaban J connectivity index is 0.000000415. The molecule has 206 valence electrons. The molecule has 3 aromatic rings. The number of benzene rings is 2. The number of carbonyl (C=O) groups is 2. The molecule has 38 heavy (non-hydrogen) atoms. The number of unbranched alkanes of at least 4 members (excludes halogenated alkanes) is 10. The monoisotopic (exact) mass is 520 g/mol. The van der Waals surface area contributed by atoms with Crippen molar-refractivity contribution in [2.75, 3.05) is 6.61 Å². The van der Waals surface area contributed by atoms with E-state index < -0.39 is 11.9 Å². The number of esters is 1. The molecule has 2 aromatic carbocycles. The van der Waals surface area contributed by atoms with Crippen molar-refractivity contribution < 1.29 is 19.4 Å². The van der Waals surface area contributed by atoms with E-state index in [-0.39, 0.29) is 11.1 Å². The van der Waals surface area contributed by atoms with E-state index in [2.05, 4.69) is 23.8 Å². The number of nitrogens with zero attached hydrogens (tertiary/aromatic N) is 2. The van der Waals surface area contributed by atoms with Crippen LogP contribution in [-0.2, 0) is 11.2 Å². The van der Waals surface area contributed by atoms with Crippen LogP contribution in [0.15, 0.2) is 54.9 Å². The molecule has 0 bridgehead atoms. The summed E-state index contributed by atoms with van der Waals surface area (Å²) >= 11 is 0. The third-order valence-corrected chi connectivity index (χ3v) is 6.49. The fourth-order valence-corrected chi connectivity index (χ4v) is 4.35. The maximum Gasteiger partial charge on any atom is 0.339 e. The Kier molecular flexibility index (Phi) is 15.4. The highest BCUT2D eigenvalue weighted by Crippen LogP contribution is 2.20. The van der Waals surface area contributed by atoms with E-state index in [4.69, 9.17) is 4.74 Å². The van der Waals surface area contributed by atoms with Crippen LogP contribution in [0.3, 0.4) is 0 Å². The number of fused-ring (bicyclic) bond motifs is 1. The van der Waals surface area contributed by atoms with Crippen LogP contribution >= 0.6 is 0 Å². The topological polar surface area (TPSA) is 89.4 Å². The second kappa shape index (κ2) is 18.9. The van der Waals surface area contributed by atoms with E-state index in [1.807, 2.05) is 30.3 Å². The fourth-order valence-electron chi connectivity index (χ4n) is 4.35. The number of carboxylic acids is 1. The van der Waals surface area contributed by atoms with Gasteiger partial charge in [0.1, 0.15) is 0 Å². The molecular weight excluding hydrogens is 476 g/mol. The van der Waals surface area contributed by atoms with Gasteiger partial charge in [0.05, 0.1) is 28.8 Å². The van der Waals surface area contributed by atoms with Crippen molar-refractivity contribution in [3.05, 3.63) is 71.5 Å². The fraction of sp³-hybridized carbons (Fsp3) is 0.500. The van der Waals surface area contributed by atoms with Gasteiger partial charge in [-0.3, -0.25) is 9.97 Å². The molecule has 0 aliphatic carbocycles. The van der Waals surface area contributed by atoms with Crippen LogP contribution in [0.1, 0.15) is 117 Å². The van der Waals surface area contributed by atoms with Crippen LogP contribution in [0, 0.1) is 0 Å². The largest absolute Gasteiger partial charge is 0.478 e. The molecule has 3 rings (SSSR count). The van der Waals surface area contributed by atoms with Crippen LogP contribution < -0.4 is 0 Å². The quantitative estimate of drug-likeness (QED) is 0.151. The molecule has 1 aromatic heterocycles. The van der Waals surface area contributed by atoms with E-state index in [0.717, 1.165) is 48.7 Å². The van der Waals surface area contributed by atoms with Crippen LogP contribution in [-0.4, -0.2) is 33.6 Å². The maximum atomic E-state index is 12.6. The highest BCUT2D eigenvalue weighted by molar-refractivity contribution is 6.03. The highest BCUT2D eigenvalue weighted by Gasteiger charge is 2.21. The van der Waals surface area contributed by atoms with Gasteiger partial charge in [0.15, 0.2) is 0 Å². The van der Waals surface area contributed by atoms with E-state index in [1.165, 1.54) is 51.0 Å². The van der Waals surface area contributed by atoms with E-state index >= 15 is 0 Å². The van der Waals surface area contributed by atoms with Crippen LogP contribution in [0.25, 0.3) is 11.0 Å². The molecule has 0 fully saturated rings. The number of ether oxygens (including phenoxy) is 1. The van der Waals surface area contributed by atoms with Gasteiger partial charge in [-0.05, 0) is 43.0 Å². The molecule has 1 heterocycles. The number of para-hydroxylation sites is 2. The number of aromatic nitrogens is 2. The normalized spacial score (nSPS) is 10.6. The van der Waals surface area contributed by atoms with Crippen molar-refractivity contribution in [3.63, 3.8) is 0 Å². The van der Waals surface area contributed by atoms with Gasteiger partial charge < -0.3 is 9.84 Å². The number of carboxylic acid groups (broad SMARTS) is 1. The minimum atomic E-state index is -1.07. The van der Waals surface area contributed by atoms with Crippen LogP contribution in [0.4, 0.5) is 0 Å². The molecule has 0 aliphatic heterocycles. The van der Waals surface area contributed by atoms with Crippen LogP contribution in [0.5, 0.6) is 0 Å². The molecular formula is C32H44N2O4. The Morgan fingerprint density at radius 1 is 0.711 bits per heavy atom. The van der Waals surface area contributed by atoms with Gasteiger partial charge in [0.2, 0.25) is 0 Å².